The summed E-state index contributed by atoms with van der Waals surface area (Å²) in [5.74, 6) is -1.37. The molecule has 0 aliphatic heterocycles. The van der Waals surface area contributed by atoms with E-state index in [0.29, 0.717) is 0 Å². The Morgan fingerprint density at radius 3 is 2.16 bits per heavy atom. The van der Waals surface area contributed by atoms with Gasteiger partial charge in [-0.05, 0) is 36.4 Å². The van der Waals surface area contributed by atoms with Crippen molar-refractivity contribution >= 4 is 15.7 Å². The van der Waals surface area contributed by atoms with Crippen molar-refractivity contribution in [1.82, 2.24) is 0 Å². The van der Waals surface area contributed by atoms with Crippen LogP contribution in [0.3, 0.4) is 0 Å². The quantitative estimate of drug-likeness (QED) is 0.870. The van der Waals surface area contributed by atoms with Gasteiger partial charge < -0.3 is 5.73 Å². The fourth-order valence-corrected chi connectivity index (χ4v) is 3.11. The maximum atomic E-state index is 12.8. The molecule has 2 rings (SSSR count). The molecule has 19 heavy (non-hydrogen) atoms. The van der Waals surface area contributed by atoms with Gasteiger partial charge in [0.15, 0.2) is 0 Å². The monoisotopic (exact) mass is 279 g/mol. The van der Waals surface area contributed by atoms with Crippen LogP contribution in [-0.4, -0.2) is 14.3 Å². The molecule has 0 aliphatic carbocycles. The van der Waals surface area contributed by atoms with Crippen molar-refractivity contribution in [3.63, 3.8) is 0 Å². The summed E-state index contributed by atoms with van der Waals surface area (Å²) in [6.07, 6.45) is 0. The van der Waals surface area contributed by atoms with Crippen molar-refractivity contribution in [3.05, 3.63) is 59.9 Å². The minimum atomic E-state index is -3.90. The molecule has 0 radical (unpaired) electrons. The molecule has 6 heteroatoms. The van der Waals surface area contributed by atoms with E-state index >= 15 is 0 Å². The zero-order chi connectivity index (χ0) is 14.0. The molecule has 0 unspecified atom stereocenters. The van der Waals surface area contributed by atoms with Crippen LogP contribution in [0.25, 0.3) is 0 Å². The van der Waals surface area contributed by atoms with Crippen LogP contribution in [0.5, 0.6) is 0 Å². The standard InChI is InChI=1S/C13H10FNO3S/c14-9-5-7-10(8-6-9)19(17,18)12-4-2-1-3-11(12)13(15)16/h1-8H,(H2,15,16). The Labute approximate surface area is 109 Å². The third-order valence-electron chi connectivity index (χ3n) is 2.57. The van der Waals surface area contributed by atoms with Gasteiger partial charge in [-0.15, -0.1) is 0 Å². The lowest BCUT2D eigenvalue weighted by Crippen LogP contribution is -2.16. The number of rotatable bonds is 3. The Kier molecular flexibility index (Phi) is 3.35. The van der Waals surface area contributed by atoms with Gasteiger partial charge in [-0.2, -0.15) is 0 Å². The van der Waals surface area contributed by atoms with Crippen LogP contribution in [-0.2, 0) is 9.84 Å². The number of hydrogen-bond acceptors (Lipinski definition) is 3. The van der Waals surface area contributed by atoms with Crippen LogP contribution in [0.2, 0.25) is 0 Å². The van der Waals surface area contributed by atoms with Crippen molar-refractivity contribution in [2.75, 3.05) is 0 Å². The van der Waals surface area contributed by atoms with E-state index in [9.17, 15) is 17.6 Å². The van der Waals surface area contributed by atoms with Gasteiger partial charge in [0.05, 0.1) is 15.4 Å². The predicted octanol–water partition coefficient (Wildman–Crippen LogP) is 1.76. The van der Waals surface area contributed by atoms with E-state index in [4.69, 9.17) is 5.73 Å². The minimum Gasteiger partial charge on any atom is -0.366 e. The zero-order valence-electron chi connectivity index (χ0n) is 9.71. The normalized spacial score (nSPS) is 11.2. The summed E-state index contributed by atoms with van der Waals surface area (Å²) in [7, 11) is -3.90. The number of benzene rings is 2. The summed E-state index contributed by atoms with van der Waals surface area (Å²) in [6, 6.07) is 9.99. The smallest absolute Gasteiger partial charge is 0.250 e. The van der Waals surface area contributed by atoms with Gasteiger partial charge in [-0.3, -0.25) is 4.79 Å². The largest absolute Gasteiger partial charge is 0.366 e. The van der Waals surface area contributed by atoms with Crippen LogP contribution in [0.15, 0.2) is 58.3 Å². The van der Waals surface area contributed by atoms with Crippen LogP contribution in [0, 0.1) is 5.82 Å². The number of sulfone groups is 1. The summed E-state index contributed by atoms with van der Waals surface area (Å²) in [5, 5.41) is 0. The Hall–Kier alpha value is -2.21. The third kappa shape index (κ3) is 2.48. The van der Waals surface area contributed by atoms with Crippen LogP contribution in [0.1, 0.15) is 10.4 Å². The van der Waals surface area contributed by atoms with Crippen molar-refractivity contribution in [1.29, 1.82) is 0 Å². The Morgan fingerprint density at radius 2 is 1.58 bits per heavy atom. The lowest BCUT2D eigenvalue weighted by molar-refractivity contribution is 0.0997. The number of carbonyl (C=O) groups is 1. The zero-order valence-corrected chi connectivity index (χ0v) is 10.5. The van der Waals surface area contributed by atoms with Crippen LogP contribution in [0.4, 0.5) is 4.39 Å². The van der Waals surface area contributed by atoms with E-state index in [1.165, 1.54) is 24.3 Å². The first-order valence-electron chi connectivity index (χ1n) is 5.32. The first-order valence-corrected chi connectivity index (χ1v) is 6.81. The molecule has 0 atom stereocenters. The lowest BCUT2D eigenvalue weighted by Gasteiger charge is -2.08. The van der Waals surface area contributed by atoms with E-state index < -0.39 is 21.6 Å². The highest BCUT2D eigenvalue weighted by Crippen LogP contribution is 2.23. The number of nitrogens with two attached hydrogens (primary N) is 1. The molecule has 0 fully saturated rings. The van der Waals surface area contributed by atoms with Gasteiger partial charge in [0.25, 0.3) is 0 Å². The second-order valence-corrected chi connectivity index (χ2v) is 5.74. The van der Waals surface area contributed by atoms with E-state index in [2.05, 4.69) is 0 Å². The minimum absolute atomic E-state index is 0.0909. The predicted molar refractivity (Wildman–Crippen MR) is 66.8 cm³/mol. The van der Waals surface area contributed by atoms with Gasteiger partial charge in [0.2, 0.25) is 15.7 Å². The Bertz CT molecular complexity index is 724. The Morgan fingerprint density at radius 1 is 1.00 bits per heavy atom. The number of primary amides is 1. The summed E-state index contributed by atoms with van der Waals surface area (Å²) < 4.78 is 37.5. The summed E-state index contributed by atoms with van der Waals surface area (Å²) in [4.78, 5) is 11.0. The van der Waals surface area contributed by atoms with Gasteiger partial charge in [0, 0.05) is 0 Å². The Balaban J connectivity index is 2.63. The highest BCUT2D eigenvalue weighted by Gasteiger charge is 2.22. The highest BCUT2D eigenvalue weighted by molar-refractivity contribution is 7.91. The van der Waals surface area contributed by atoms with Crippen molar-refractivity contribution in [2.24, 2.45) is 5.73 Å². The molecule has 1 amide bonds. The SMILES string of the molecule is NC(=O)c1ccccc1S(=O)(=O)c1ccc(F)cc1. The molecule has 0 heterocycles. The summed E-state index contributed by atoms with van der Waals surface area (Å²) >= 11 is 0. The molecule has 0 bridgehead atoms. The number of hydrogen-bond donors (Lipinski definition) is 1. The molecular weight excluding hydrogens is 269 g/mol. The maximum absolute atomic E-state index is 12.8. The van der Waals surface area contributed by atoms with Crippen molar-refractivity contribution in [2.45, 2.75) is 9.79 Å². The topological polar surface area (TPSA) is 77.2 Å². The number of halogens is 1. The van der Waals surface area contributed by atoms with Crippen LogP contribution >= 0.6 is 0 Å². The van der Waals surface area contributed by atoms with Gasteiger partial charge in [-0.25, -0.2) is 12.8 Å². The molecule has 2 aromatic rings. The molecule has 0 saturated heterocycles. The first-order chi connectivity index (χ1) is 8.93. The fraction of sp³-hybridized carbons (Fsp3) is 0. The number of carbonyl (C=O) groups excluding carboxylic acids is 1. The molecule has 98 valence electrons. The van der Waals surface area contributed by atoms with E-state index in [-0.39, 0.29) is 15.4 Å². The van der Waals surface area contributed by atoms with E-state index in [1.807, 2.05) is 0 Å². The van der Waals surface area contributed by atoms with Crippen molar-refractivity contribution < 1.29 is 17.6 Å². The molecule has 0 aromatic heterocycles. The van der Waals surface area contributed by atoms with Gasteiger partial charge >= 0.3 is 0 Å². The first kappa shape index (κ1) is 13.2. The lowest BCUT2D eigenvalue weighted by atomic mass is 10.2. The molecule has 0 aliphatic rings. The average Bonchev–Trinajstić information content (AvgIpc) is 2.39. The van der Waals surface area contributed by atoms with Gasteiger partial charge in [0.1, 0.15) is 5.82 Å². The van der Waals surface area contributed by atoms with Gasteiger partial charge in [-0.1, -0.05) is 12.1 Å². The second-order valence-electron chi connectivity index (χ2n) is 3.82. The van der Waals surface area contributed by atoms with E-state index in [0.717, 1.165) is 24.3 Å². The third-order valence-corrected chi connectivity index (χ3v) is 4.39. The fourth-order valence-electron chi connectivity index (χ4n) is 1.65. The molecule has 4 nitrogen and oxygen atoms in total. The molecule has 2 aromatic carbocycles. The highest BCUT2D eigenvalue weighted by atomic mass is 32.2. The average molecular weight is 279 g/mol. The molecule has 0 saturated carbocycles. The maximum Gasteiger partial charge on any atom is 0.250 e. The summed E-state index contributed by atoms with van der Waals surface area (Å²) in [5.41, 5.74) is 5.06. The molecule has 2 N–H and O–H groups in total. The van der Waals surface area contributed by atoms with E-state index in [1.54, 1.807) is 0 Å². The second kappa shape index (κ2) is 4.81. The summed E-state index contributed by atoms with van der Waals surface area (Å²) in [6.45, 7) is 0. The molecule has 0 spiro atoms. The molecular formula is C13H10FNO3S. The van der Waals surface area contributed by atoms with Crippen molar-refractivity contribution in [3.8, 4) is 0 Å². The van der Waals surface area contributed by atoms with Crippen LogP contribution < -0.4 is 5.73 Å². The number of amides is 1.